The van der Waals surface area contributed by atoms with Crippen molar-refractivity contribution in [2.24, 2.45) is 5.73 Å². The van der Waals surface area contributed by atoms with Gasteiger partial charge in [0.1, 0.15) is 0 Å². The van der Waals surface area contributed by atoms with Crippen LogP contribution in [0.25, 0.3) is 32.9 Å². The first-order valence-electron chi connectivity index (χ1n) is 12.1. The molecule has 36 heavy (non-hydrogen) atoms. The van der Waals surface area contributed by atoms with E-state index in [4.69, 9.17) is 5.73 Å². The Morgan fingerprint density at radius 2 is 1.42 bits per heavy atom. The molecule has 0 aliphatic rings. The number of benzene rings is 5. The lowest BCUT2D eigenvalue weighted by atomic mass is 9.99. The Balaban J connectivity index is 1.55. The minimum Gasteiger partial charge on any atom is -0.366 e. The number of amides is 1. The average Bonchev–Trinajstić information content (AvgIpc) is 3.23. The average molecular weight is 466 g/mol. The molecule has 0 aliphatic carbocycles. The number of nitrogens with two attached hydrogens (primary N) is 1. The second-order valence-electron chi connectivity index (χ2n) is 9.10. The SMILES string of the molecule is NC(=O)c1cccc2c1c1[c]cc(-c3ccccc3)cc1n2Cc1ccccc1Cc1ccccc1. The molecule has 0 saturated heterocycles. The fourth-order valence-corrected chi connectivity index (χ4v) is 5.10. The first kappa shape index (κ1) is 21.9. The highest BCUT2D eigenvalue weighted by atomic mass is 16.1. The van der Waals surface area contributed by atoms with E-state index >= 15 is 0 Å². The summed E-state index contributed by atoms with van der Waals surface area (Å²) in [5.74, 6) is -0.426. The second-order valence-corrected chi connectivity index (χ2v) is 9.10. The zero-order chi connectivity index (χ0) is 24.5. The Morgan fingerprint density at radius 3 is 2.17 bits per heavy atom. The van der Waals surface area contributed by atoms with Gasteiger partial charge >= 0.3 is 0 Å². The van der Waals surface area contributed by atoms with Gasteiger partial charge in [0.2, 0.25) is 5.91 Å². The number of hydrogen-bond donors (Lipinski definition) is 1. The van der Waals surface area contributed by atoms with Crippen molar-refractivity contribution < 1.29 is 4.79 Å². The number of hydrogen-bond acceptors (Lipinski definition) is 1. The molecule has 0 bridgehead atoms. The van der Waals surface area contributed by atoms with Crippen LogP contribution < -0.4 is 5.73 Å². The van der Waals surface area contributed by atoms with Gasteiger partial charge in [0, 0.05) is 22.9 Å². The molecule has 3 heteroatoms. The van der Waals surface area contributed by atoms with Gasteiger partial charge in [0.05, 0.1) is 11.0 Å². The van der Waals surface area contributed by atoms with Crippen LogP contribution in [0.1, 0.15) is 27.0 Å². The minimum atomic E-state index is -0.426. The lowest BCUT2D eigenvalue weighted by molar-refractivity contribution is 0.100. The molecule has 0 atom stereocenters. The largest absolute Gasteiger partial charge is 0.366 e. The molecule has 0 spiro atoms. The maximum atomic E-state index is 12.4. The second kappa shape index (κ2) is 9.20. The lowest BCUT2D eigenvalue weighted by Crippen LogP contribution is -2.11. The van der Waals surface area contributed by atoms with Crippen LogP contribution in [0, 0.1) is 6.07 Å². The quantitative estimate of drug-likeness (QED) is 0.283. The van der Waals surface area contributed by atoms with Gasteiger partial charge in [0.25, 0.3) is 0 Å². The number of nitrogens with zero attached hydrogens (tertiary/aromatic N) is 1. The van der Waals surface area contributed by atoms with Crippen LogP contribution in [0.15, 0.2) is 115 Å². The number of carbonyl (C=O) groups is 1. The van der Waals surface area contributed by atoms with Crippen LogP contribution in [0.3, 0.4) is 0 Å². The van der Waals surface area contributed by atoms with Crippen molar-refractivity contribution >= 4 is 27.7 Å². The van der Waals surface area contributed by atoms with Gasteiger partial charge < -0.3 is 10.3 Å². The molecule has 1 heterocycles. The maximum Gasteiger partial charge on any atom is 0.249 e. The first-order valence-corrected chi connectivity index (χ1v) is 12.1. The van der Waals surface area contributed by atoms with Gasteiger partial charge in [-0.2, -0.15) is 0 Å². The predicted octanol–water partition coefficient (Wildman–Crippen LogP) is 7.00. The molecule has 5 aromatic carbocycles. The summed E-state index contributed by atoms with van der Waals surface area (Å²) >= 11 is 0. The highest BCUT2D eigenvalue weighted by Gasteiger charge is 2.18. The molecule has 6 aromatic rings. The van der Waals surface area contributed by atoms with E-state index in [1.54, 1.807) is 6.07 Å². The van der Waals surface area contributed by atoms with Crippen molar-refractivity contribution in [1.29, 1.82) is 0 Å². The van der Waals surface area contributed by atoms with Gasteiger partial charge in [-0.05, 0) is 64.6 Å². The van der Waals surface area contributed by atoms with Crippen LogP contribution in [0.5, 0.6) is 0 Å². The van der Waals surface area contributed by atoms with Crippen LogP contribution in [-0.4, -0.2) is 10.5 Å². The number of aromatic nitrogens is 1. The number of primary amides is 1. The fraction of sp³-hybridized carbons (Fsp3) is 0.0606. The van der Waals surface area contributed by atoms with E-state index in [1.807, 2.05) is 36.4 Å². The highest BCUT2D eigenvalue weighted by Crippen LogP contribution is 2.35. The van der Waals surface area contributed by atoms with E-state index in [-0.39, 0.29) is 0 Å². The Morgan fingerprint density at radius 1 is 0.722 bits per heavy atom. The topological polar surface area (TPSA) is 48.0 Å². The van der Waals surface area contributed by atoms with Crippen LogP contribution in [-0.2, 0) is 13.0 Å². The van der Waals surface area contributed by atoms with Crippen molar-refractivity contribution in [3.05, 3.63) is 144 Å². The van der Waals surface area contributed by atoms with Crippen molar-refractivity contribution in [2.45, 2.75) is 13.0 Å². The third kappa shape index (κ3) is 3.95. The summed E-state index contributed by atoms with van der Waals surface area (Å²) < 4.78 is 2.30. The molecule has 0 aliphatic heterocycles. The minimum absolute atomic E-state index is 0.426. The van der Waals surface area contributed by atoms with Crippen LogP contribution in [0.2, 0.25) is 0 Å². The monoisotopic (exact) mass is 465 g/mol. The zero-order valence-corrected chi connectivity index (χ0v) is 19.8. The van der Waals surface area contributed by atoms with E-state index in [2.05, 4.69) is 83.4 Å². The summed E-state index contributed by atoms with van der Waals surface area (Å²) in [6.07, 6.45) is 0.863. The van der Waals surface area contributed by atoms with Gasteiger partial charge in [-0.25, -0.2) is 0 Å². The fourth-order valence-electron chi connectivity index (χ4n) is 5.10. The van der Waals surface area contributed by atoms with E-state index in [9.17, 15) is 4.79 Å². The summed E-state index contributed by atoms with van der Waals surface area (Å²) in [5.41, 5.74) is 14.4. The van der Waals surface area contributed by atoms with Gasteiger partial charge in [-0.1, -0.05) is 91.0 Å². The molecule has 2 N–H and O–H groups in total. The smallest absolute Gasteiger partial charge is 0.249 e. The molecule has 6 rings (SSSR count). The van der Waals surface area contributed by atoms with Crippen LogP contribution in [0.4, 0.5) is 0 Å². The molecule has 1 aromatic heterocycles. The summed E-state index contributed by atoms with van der Waals surface area (Å²) in [6, 6.07) is 42.9. The Kier molecular flexibility index (Phi) is 5.59. The highest BCUT2D eigenvalue weighted by molar-refractivity contribution is 6.18. The normalized spacial score (nSPS) is 11.2. The van der Waals surface area contributed by atoms with Crippen molar-refractivity contribution in [1.82, 2.24) is 4.57 Å². The molecule has 1 radical (unpaired) electrons. The van der Waals surface area contributed by atoms with E-state index < -0.39 is 5.91 Å². The van der Waals surface area contributed by atoms with Crippen molar-refractivity contribution in [2.75, 3.05) is 0 Å². The molecular formula is C33H25N2O. The first-order chi connectivity index (χ1) is 17.7. The third-order valence-electron chi connectivity index (χ3n) is 6.85. The Labute approximate surface area is 210 Å². The van der Waals surface area contributed by atoms with E-state index in [0.717, 1.165) is 39.4 Å². The molecule has 0 fully saturated rings. The summed E-state index contributed by atoms with van der Waals surface area (Å²) in [5, 5.41) is 1.78. The summed E-state index contributed by atoms with van der Waals surface area (Å²) in [7, 11) is 0. The molecule has 173 valence electrons. The molecule has 1 amide bonds. The molecule has 0 unspecified atom stereocenters. The Bertz CT molecular complexity index is 1700. The number of fused-ring (bicyclic) bond motifs is 3. The molecular weight excluding hydrogens is 440 g/mol. The van der Waals surface area contributed by atoms with Gasteiger partial charge in [-0.3, -0.25) is 4.79 Å². The molecule has 0 saturated carbocycles. The molecule has 3 nitrogen and oxygen atoms in total. The van der Waals surface area contributed by atoms with Crippen LogP contribution >= 0.6 is 0 Å². The van der Waals surface area contributed by atoms with Crippen molar-refractivity contribution in [3.8, 4) is 11.1 Å². The summed E-state index contributed by atoms with van der Waals surface area (Å²) in [6.45, 7) is 0.678. The standard InChI is InChI=1S/C33H25N2O/c34-33(36)29-16-9-17-30-32(29)28-19-18-26(24-12-5-2-6-13-24)21-31(28)35(30)22-27-15-8-7-14-25(27)20-23-10-3-1-4-11-23/h1-18,21H,20,22H2,(H2,34,36). The van der Waals surface area contributed by atoms with Gasteiger partial charge in [0.15, 0.2) is 0 Å². The number of rotatable bonds is 6. The number of carbonyl (C=O) groups excluding carboxylic acids is 1. The Hall–Kier alpha value is -4.63. The maximum absolute atomic E-state index is 12.4. The van der Waals surface area contributed by atoms with E-state index in [1.165, 1.54) is 16.7 Å². The van der Waals surface area contributed by atoms with E-state index in [0.29, 0.717) is 12.1 Å². The third-order valence-corrected chi connectivity index (χ3v) is 6.85. The lowest BCUT2D eigenvalue weighted by Gasteiger charge is -2.13. The van der Waals surface area contributed by atoms with Gasteiger partial charge in [-0.15, -0.1) is 0 Å². The van der Waals surface area contributed by atoms with Crippen molar-refractivity contribution in [3.63, 3.8) is 0 Å². The predicted molar refractivity (Wildman–Crippen MR) is 147 cm³/mol. The summed E-state index contributed by atoms with van der Waals surface area (Å²) in [4.78, 5) is 12.4. The zero-order valence-electron chi connectivity index (χ0n) is 19.8.